The van der Waals surface area contributed by atoms with Gasteiger partial charge in [0.05, 0.1) is 6.10 Å². The van der Waals surface area contributed by atoms with Crippen molar-refractivity contribution < 1.29 is 14.2 Å². The van der Waals surface area contributed by atoms with E-state index in [1.807, 2.05) is 6.92 Å². The third-order valence-electron chi connectivity index (χ3n) is 4.17. The van der Waals surface area contributed by atoms with Crippen LogP contribution < -0.4 is 0 Å². The summed E-state index contributed by atoms with van der Waals surface area (Å²) in [6.45, 7) is 1.90. The summed E-state index contributed by atoms with van der Waals surface area (Å²) in [4.78, 5) is 0. The molecule has 1 fully saturated rings. The van der Waals surface area contributed by atoms with E-state index in [1.54, 1.807) is 19.2 Å². The summed E-state index contributed by atoms with van der Waals surface area (Å²) in [6.07, 6.45) is 4.53. The first kappa shape index (κ1) is 14.5. The van der Waals surface area contributed by atoms with Crippen molar-refractivity contribution in [2.24, 2.45) is 5.92 Å². The van der Waals surface area contributed by atoms with Gasteiger partial charge in [-0.05, 0) is 31.7 Å². The number of benzene rings is 1. The number of hydrogen-bond donors (Lipinski definition) is 1. The molecule has 3 heteroatoms. The van der Waals surface area contributed by atoms with Gasteiger partial charge >= 0.3 is 0 Å². The van der Waals surface area contributed by atoms with Crippen LogP contribution in [0.4, 0.5) is 4.39 Å². The molecule has 2 unspecified atom stereocenters. The van der Waals surface area contributed by atoms with Crippen LogP contribution in [0.1, 0.15) is 49.3 Å². The van der Waals surface area contributed by atoms with E-state index in [9.17, 15) is 9.50 Å². The maximum atomic E-state index is 13.9. The van der Waals surface area contributed by atoms with Gasteiger partial charge in [0, 0.05) is 12.7 Å². The molecule has 1 aliphatic carbocycles. The smallest absolute Gasteiger partial charge is 0.129 e. The van der Waals surface area contributed by atoms with Crippen LogP contribution in [0.5, 0.6) is 0 Å². The summed E-state index contributed by atoms with van der Waals surface area (Å²) in [7, 11) is 1.61. The molecule has 1 aromatic rings. The van der Waals surface area contributed by atoms with Crippen molar-refractivity contribution in [2.75, 3.05) is 7.11 Å². The molecule has 0 radical (unpaired) electrons. The topological polar surface area (TPSA) is 29.5 Å². The Morgan fingerprint density at radius 1 is 1.26 bits per heavy atom. The molecule has 0 spiro atoms. The molecule has 2 rings (SSSR count). The highest BCUT2D eigenvalue weighted by Crippen LogP contribution is 2.34. The minimum atomic E-state index is -0.881. The maximum Gasteiger partial charge on any atom is 0.129 e. The summed E-state index contributed by atoms with van der Waals surface area (Å²) in [6, 6.07) is 4.85. The zero-order valence-electron chi connectivity index (χ0n) is 11.7. The lowest BCUT2D eigenvalue weighted by molar-refractivity contribution is -0.0571. The average molecular weight is 266 g/mol. The first-order valence-corrected chi connectivity index (χ1v) is 7.10. The number of rotatable bonds is 4. The molecule has 0 aromatic heterocycles. The van der Waals surface area contributed by atoms with Gasteiger partial charge in [-0.25, -0.2) is 4.39 Å². The molecule has 0 saturated heterocycles. The van der Waals surface area contributed by atoms with Crippen molar-refractivity contribution in [1.82, 2.24) is 0 Å². The summed E-state index contributed by atoms with van der Waals surface area (Å²) < 4.78 is 19.4. The molecular weight excluding hydrogens is 243 g/mol. The zero-order valence-corrected chi connectivity index (χ0v) is 11.7. The normalized spacial score (nSPS) is 20.2. The molecule has 1 aliphatic rings. The zero-order chi connectivity index (χ0) is 13.8. The van der Waals surface area contributed by atoms with Crippen molar-refractivity contribution in [2.45, 2.75) is 51.2 Å². The number of halogens is 1. The Bertz CT molecular complexity index is 413. The van der Waals surface area contributed by atoms with E-state index < -0.39 is 6.10 Å². The van der Waals surface area contributed by atoms with Gasteiger partial charge in [0.25, 0.3) is 0 Å². The minimum absolute atomic E-state index is 0.309. The van der Waals surface area contributed by atoms with Gasteiger partial charge in [0.15, 0.2) is 0 Å². The Labute approximate surface area is 114 Å². The largest absolute Gasteiger partial charge is 0.386 e. The lowest BCUT2D eigenvalue weighted by Crippen LogP contribution is -2.31. The fraction of sp³-hybridized carbons (Fsp3) is 0.625. The van der Waals surface area contributed by atoms with Crippen LogP contribution in [0.3, 0.4) is 0 Å². The second-order valence-corrected chi connectivity index (χ2v) is 5.57. The first-order chi connectivity index (χ1) is 9.13. The summed E-state index contributed by atoms with van der Waals surface area (Å²) in [5, 5.41) is 10.5. The number of aryl methyl sites for hydroxylation is 1. The van der Waals surface area contributed by atoms with E-state index in [0.717, 1.165) is 18.4 Å². The van der Waals surface area contributed by atoms with E-state index in [4.69, 9.17) is 4.74 Å². The summed E-state index contributed by atoms with van der Waals surface area (Å²) in [5.74, 6) is -0.0235. The monoisotopic (exact) mass is 266 g/mol. The predicted octanol–water partition coefficient (Wildman–Crippen LogP) is 3.76. The lowest BCUT2D eigenvalue weighted by atomic mass is 9.81. The van der Waals surface area contributed by atoms with Crippen LogP contribution in [-0.2, 0) is 4.74 Å². The van der Waals surface area contributed by atoms with Crippen LogP contribution in [0.15, 0.2) is 18.2 Å². The summed E-state index contributed by atoms with van der Waals surface area (Å²) in [5.41, 5.74) is 1.31. The van der Waals surface area contributed by atoms with Crippen molar-refractivity contribution >= 4 is 0 Å². The molecule has 0 heterocycles. The van der Waals surface area contributed by atoms with Crippen molar-refractivity contribution in [3.8, 4) is 0 Å². The van der Waals surface area contributed by atoms with E-state index in [1.165, 1.54) is 25.3 Å². The first-order valence-electron chi connectivity index (χ1n) is 7.10. The average Bonchev–Trinajstić information content (AvgIpc) is 2.43. The van der Waals surface area contributed by atoms with Crippen molar-refractivity contribution in [3.05, 3.63) is 35.1 Å². The van der Waals surface area contributed by atoms with Crippen LogP contribution >= 0.6 is 0 Å². The highest BCUT2D eigenvalue weighted by Gasteiger charge is 2.31. The predicted molar refractivity (Wildman–Crippen MR) is 73.5 cm³/mol. The Balaban J connectivity index is 2.19. The second kappa shape index (κ2) is 6.49. The number of aliphatic hydroxyl groups is 1. The summed E-state index contributed by atoms with van der Waals surface area (Å²) >= 11 is 0. The number of methoxy groups -OCH3 is 1. The number of aliphatic hydroxyl groups excluding tert-OH is 1. The van der Waals surface area contributed by atoms with Crippen LogP contribution in [0.2, 0.25) is 0 Å². The number of hydrogen-bond acceptors (Lipinski definition) is 2. The minimum Gasteiger partial charge on any atom is -0.386 e. The molecule has 0 bridgehead atoms. The Hall–Kier alpha value is -0.930. The second-order valence-electron chi connectivity index (χ2n) is 5.57. The van der Waals surface area contributed by atoms with Gasteiger partial charge in [-0.1, -0.05) is 37.0 Å². The molecule has 2 nitrogen and oxygen atoms in total. The fourth-order valence-electron chi connectivity index (χ4n) is 3.11. The van der Waals surface area contributed by atoms with Gasteiger partial charge in [-0.2, -0.15) is 0 Å². The van der Waals surface area contributed by atoms with Crippen molar-refractivity contribution in [3.63, 3.8) is 0 Å². The Morgan fingerprint density at radius 3 is 2.58 bits per heavy atom. The molecule has 1 aromatic carbocycles. The van der Waals surface area contributed by atoms with E-state index in [-0.39, 0.29) is 11.9 Å². The third-order valence-corrected chi connectivity index (χ3v) is 4.17. The third kappa shape index (κ3) is 3.34. The fourth-order valence-corrected chi connectivity index (χ4v) is 3.11. The SMILES string of the molecule is COC(C1CCCCC1)C(O)c1cc(C)ccc1F. The van der Waals surface area contributed by atoms with Crippen LogP contribution in [0.25, 0.3) is 0 Å². The van der Waals surface area contributed by atoms with E-state index in [2.05, 4.69) is 0 Å². The van der Waals surface area contributed by atoms with E-state index in [0.29, 0.717) is 11.5 Å². The molecule has 1 saturated carbocycles. The van der Waals surface area contributed by atoms with Crippen molar-refractivity contribution in [1.29, 1.82) is 0 Å². The molecule has 0 aliphatic heterocycles. The Kier molecular flexibility index (Phi) is 4.94. The molecule has 19 heavy (non-hydrogen) atoms. The Morgan fingerprint density at radius 2 is 1.95 bits per heavy atom. The molecule has 1 N–H and O–H groups in total. The van der Waals surface area contributed by atoms with Gasteiger partial charge in [-0.3, -0.25) is 0 Å². The molecule has 106 valence electrons. The number of ether oxygens (including phenoxy) is 1. The van der Waals surface area contributed by atoms with Gasteiger partial charge in [0.1, 0.15) is 11.9 Å². The lowest BCUT2D eigenvalue weighted by Gasteiger charge is -2.32. The van der Waals surface area contributed by atoms with Crippen LogP contribution in [-0.4, -0.2) is 18.3 Å². The quantitative estimate of drug-likeness (QED) is 0.899. The van der Waals surface area contributed by atoms with Gasteiger partial charge < -0.3 is 9.84 Å². The van der Waals surface area contributed by atoms with E-state index >= 15 is 0 Å². The van der Waals surface area contributed by atoms with Crippen LogP contribution in [0, 0.1) is 18.7 Å². The maximum absolute atomic E-state index is 13.9. The highest BCUT2D eigenvalue weighted by atomic mass is 19.1. The highest BCUT2D eigenvalue weighted by molar-refractivity contribution is 5.26. The standard InChI is InChI=1S/C16H23FO2/c1-11-8-9-14(17)13(10-11)15(18)16(19-2)12-6-4-3-5-7-12/h8-10,12,15-16,18H,3-7H2,1-2H3. The molecule has 0 amide bonds. The van der Waals surface area contributed by atoms with Gasteiger partial charge in [-0.15, -0.1) is 0 Å². The molecule has 2 atom stereocenters. The van der Waals surface area contributed by atoms with Gasteiger partial charge in [0.2, 0.25) is 0 Å². The molecular formula is C16H23FO2.